The van der Waals surface area contributed by atoms with Crippen LogP contribution in [0.15, 0.2) is 0 Å². The molecule has 0 aromatic heterocycles. The molecule has 0 aromatic carbocycles. The summed E-state index contributed by atoms with van der Waals surface area (Å²) in [5.74, 6) is 1.84. The highest BCUT2D eigenvalue weighted by Gasteiger charge is 2.20. The van der Waals surface area contributed by atoms with E-state index in [-0.39, 0.29) is 0 Å². The summed E-state index contributed by atoms with van der Waals surface area (Å²) in [6.45, 7) is 4.67. The minimum absolute atomic E-state index is 0.814. The predicted octanol–water partition coefficient (Wildman–Crippen LogP) is 4.77. The first-order chi connectivity index (χ1) is 6.20. The molecule has 0 spiro atoms. The van der Waals surface area contributed by atoms with Gasteiger partial charge in [0.2, 0.25) is 0 Å². The van der Waals surface area contributed by atoms with E-state index in [0.717, 1.165) is 16.7 Å². The van der Waals surface area contributed by atoms with E-state index < -0.39 is 0 Å². The molecule has 0 bridgehead atoms. The molecule has 0 aromatic rings. The van der Waals surface area contributed by atoms with Crippen LogP contribution in [0.3, 0.4) is 0 Å². The van der Waals surface area contributed by atoms with Crippen molar-refractivity contribution in [1.29, 1.82) is 0 Å². The van der Waals surface area contributed by atoms with Gasteiger partial charge in [-0.05, 0) is 31.1 Å². The lowest BCUT2D eigenvalue weighted by Crippen LogP contribution is -2.13. The zero-order valence-corrected chi connectivity index (χ0v) is 10.6. The van der Waals surface area contributed by atoms with Crippen molar-refractivity contribution in [3.63, 3.8) is 0 Å². The third-order valence-corrected chi connectivity index (χ3v) is 4.39. The molecule has 2 unspecified atom stereocenters. The molecule has 2 atom stereocenters. The topological polar surface area (TPSA) is 0 Å². The van der Waals surface area contributed by atoms with Gasteiger partial charge in [-0.2, -0.15) is 0 Å². The number of alkyl halides is 1. The standard InChI is InChI=1S/C12H23Br/c1-10(2)8-9-11-6-4-3-5-7-12(11)13/h10-12H,3-9H2,1-2H3. The summed E-state index contributed by atoms with van der Waals surface area (Å²) in [5, 5.41) is 0. The van der Waals surface area contributed by atoms with Crippen LogP contribution in [0.4, 0.5) is 0 Å². The zero-order valence-electron chi connectivity index (χ0n) is 9.06. The Labute approximate surface area is 91.6 Å². The van der Waals surface area contributed by atoms with Gasteiger partial charge >= 0.3 is 0 Å². The van der Waals surface area contributed by atoms with Crippen molar-refractivity contribution in [3.8, 4) is 0 Å². The van der Waals surface area contributed by atoms with Crippen LogP contribution in [0, 0.1) is 11.8 Å². The smallest absolute Gasteiger partial charge is 0.0174 e. The highest BCUT2D eigenvalue weighted by atomic mass is 79.9. The largest absolute Gasteiger partial charge is 0.0888 e. The summed E-state index contributed by atoms with van der Waals surface area (Å²) in [6.07, 6.45) is 10.1. The lowest BCUT2D eigenvalue weighted by atomic mass is 9.92. The van der Waals surface area contributed by atoms with Gasteiger partial charge < -0.3 is 0 Å². The van der Waals surface area contributed by atoms with Gasteiger partial charge in [0.1, 0.15) is 0 Å². The molecule has 0 amide bonds. The SMILES string of the molecule is CC(C)CCC1CCCCCC1Br. The summed E-state index contributed by atoms with van der Waals surface area (Å²) in [4.78, 5) is 0.814. The fourth-order valence-corrected chi connectivity index (χ4v) is 3.06. The van der Waals surface area contributed by atoms with Crippen molar-refractivity contribution in [2.75, 3.05) is 0 Å². The first-order valence-electron chi connectivity index (χ1n) is 5.84. The molecule has 78 valence electrons. The van der Waals surface area contributed by atoms with Crippen molar-refractivity contribution in [3.05, 3.63) is 0 Å². The lowest BCUT2D eigenvalue weighted by molar-refractivity contribution is 0.396. The van der Waals surface area contributed by atoms with Gasteiger partial charge in [0.25, 0.3) is 0 Å². The van der Waals surface area contributed by atoms with Crippen LogP contribution in [-0.2, 0) is 0 Å². The first kappa shape index (κ1) is 11.6. The van der Waals surface area contributed by atoms with E-state index in [2.05, 4.69) is 29.8 Å². The Balaban J connectivity index is 2.27. The van der Waals surface area contributed by atoms with Crippen molar-refractivity contribution >= 4 is 15.9 Å². The molecule has 1 fully saturated rings. The summed E-state index contributed by atoms with van der Waals surface area (Å²) in [7, 11) is 0. The van der Waals surface area contributed by atoms with Crippen molar-refractivity contribution in [1.82, 2.24) is 0 Å². The van der Waals surface area contributed by atoms with E-state index in [4.69, 9.17) is 0 Å². The molecule has 1 saturated carbocycles. The van der Waals surface area contributed by atoms with Crippen LogP contribution in [-0.4, -0.2) is 4.83 Å². The number of hydrogen-bond donors (Lipinski definition) is 0. The lowest BCUT2D eigenvalue weighted by Gasteiger charge is -2.20. The second-order valence-electron chi connectivity index (χ2n) is 4.89. The van der Waals surface area contributed by atoms with Crippen LogP contribution >= 0.6 is 15.9 Å². The van der Waals surface area contributed by atoms with Crippen LogP contribution in [0.5, 0.6) is 0 Å². The van der Waals surface area contributed by atoms with Gasteiger partial charge in [-0.15, -0.1) is 0 Å². The summed E-state index contributed by atoms with van der Waals surface area (Å²) in [6, 6.07) is 0. The molecule has 13 heavy (non-hydrogen) atoms. The van der Waals surface area contributed by atoms with E-state index in [1.54, 1.807) is 0 Å². The summed E-state index contributed by atoms with van der Waals surface area (Å²) < 4.78 is 0. The Morgan fingerprint density at radius 1 is 1.15 bits per heavy atom. The molecule has 1 heteroatoms. The van der Waals surface area contributed by atoms with Gasteiger partial charge in [0.15, 0.2) is 0 Å². The molecule has 0 heterocycles. The van der Waals surface area contributed by atoms with E-state index >= 15 is 0 Å². The predicted molar refractivity (Wildman–Crippen MR) is 63.4 cm³/mol. The second kappa shape index (κ2) is 6.06. The number of hydrogen-bond acceptors (Lipinski definition) is 0. The van der Waals surface area contributed by atoms with Gasteiger partial charge in [0, 0.05) is 4.83 Å². The quantitative estimate of drug-likeness (QED) is 0.498. The second-order valence-corrected chi connectivity index (χ2v) is 6.06. The zero-order chi connectivity index (χ0) is 9.68. The van der Waals surface area contributed by atoms with Gasteiger partial charge in [0.05, 0.1) is 0 Å². The molecule has 0 aliphatic heterocycles. The summed E-state index contributed by atoms with van der Waals surface area (Å²) in [5.41, 5.74) is 0. The molecule has 1 aliphatic carbocycles. The molecule has 0 nitrogen and oxygen atoms in total. The fourth-order valence-electron chi connectivity index (χ4n) is 2.21. The maximum atomic E-state index is 3.85. The first-order valence-corrected chi connectivity index (χ1v) is 6.75. The molecule has 0 radical (unpaired) electrons. The molecule has 1 aliphatic rings. The normalized spacial score (nSPS) is 30.5. The minimum Gasteiger partial charge on any atom is -0.0888 e. The van der Waals surface area contributed by atoms with Gasteiger partial charge in [-0.3, -0.25) is 0 Å². The van der Waals surface area contributed by atoms with E-state index in [9.17, 15) is 0 Å². The molecule has 0 saturated heterocycles. The third kappa shape index (κ3) is 4.49. The minimum atomic E-state index is 0.814. The van der Waals surface area contributed by atoms with Crippen LogP contribution in [0.25, 0.3) is 0 Å². The van der Waals surface area contributed by atoms with Gasteiger partial charge in [-0.1, -0.05) is 55.5 Å². The number of halogens is 1. The Bertz CT molecular complexity index is 131. The van der Waals surface area contributed by atoms with E-state index in [1.807, 2.05) is 0 Å². The Kier molecular flexibility index (Phi) is 5.38. The van der Waals surface area contributed by atoms with E-state index in [0.29, 0.717) is 0 Å². The van der Waals surface area contributed by atoms with Crippen molar-refractivity contribution in [2.45, 2.75) is 63.6 Å². The fraction of sp³-hybridized carbons (Fsp3) is 1.00. The molecule has 1 rings (SSSR count). The van der Waals surface area contributed by atoms with Crippen LogP contribution in [0.1, 0.15) is 58.8 Å². The summed E-state index contributed by atoms with van der Waals surface area (Å²) >= 11 is 3.85. The maximum Gasteiger partial charge on any atom is 0.0174 e. The third-order valence-electron chi connectivity index (χ3n) is 3.18. The van der Waals surface area contributed by atoms with Crippen molar-refractivity contribution in [2.24, 2.45) is 11.8 Å². The van der Waals surface area contributed by atoms with Crippen LogP contribution < -0.4 is 0 Å². The molecular formula is C12H23Br. The average molecular weight is 247 g/mol. The monoisotopic (exact) mass is 246 g/mol. The average Bonchev–Trinajstić information content (AvgIpc) is 2.27. The highest BCUT2D eigenvalue weighted by molar-refractivity contribution is 9.09. The number of rotatable bonds is 3. The van der Waals surface area contributed by atoms with Crippen molar-refractivity contribution < 1.29 is 0 Å². The highest BCUT2D eigenvalue weighted by Crippen LogP contribution is 2.32. The van der Waals surface area contributed by atoms with E-state index in [1.165, 1.54) is 44.9 Å². The molecule has 0 N–H and O–H groups in total. The van der Waals surface area contributed by atoms with Gasteiger partial charge in [-0.25, -0.2) is 0 Å². The van der Waals surface area contributed by atoms with Crippen LogP contribution in [0.2, 0.25) is 0 Å². The molecular weight excluding hydrogens is 224 g/mol. The Morgan fingerprint density at radius 2 is 1.85 bits per heavy atom. The maximum absolute atomic E-state index is 3.85. The Hall–Kier alpha value is 0.480. The Morgan fingerprint density at radius 3 is 2.54 bits per heavy atom.